The van der Waals surface area contributed by atoms with Crippen LogP contribution in [0.3, 0.4) is 0 Å². The van der Waals surface area contributed by atoms with Gasteiger partial charge in [-0.25, -0.2) is 14.8 Å². The molecule has 2 aromatic rings. The third-order valence-electron chi connectivity index (χ3n) is 2.28. The third-order valence-corrected chi connectivity index (χ3v) is 2.52. The molecule has 2 rings (SSSR count). The highest BCUT2D eigenvalue weighted by atomic mass is 35.5. The van der Waals surface area contributed by atoms with Gasteiger partial charge in [0.1, 0.15) is 0 Å². The van der Waals surface area contributed by atoms with E-state index in [1.165, 1.54) is 7.11 Å². The van der Waals surface area contributed by atoms with E-state index in [1.807, 2.05) is 0 Å². The van der Waals surface area contributed by atoms with Gasteiger partial charge in [-0.2, -0.15) is 0 Å². The van der Waals surface area contributed by atoms with E-state index in [9.17, 15) is 4.79 Å². The third kappa shape index (κ3) is 3.03. The first-order valence-electron chi connectivity index (χ1n) is 5.59. The molecular formula is C12H12ClN3O3. The molecule has 1 heterocycles. The van der Waals surface area contributed by atoms with E-state index in [0.29, 0.717) is 16.1 Å². The summed E-state index contributed by atoms with van der Waals surface area (Å²) in [5.74, 6) is 0.401. The zero-order valence-electron chi connectivity index (χ0n) is 10.4. The second kappa shape index (κ2) is 5.71. The highest BCUT2D eigenvalue weighted by Crippen LogP contribution is 2.25. The number of hydrogen-bond donors (Lipinski definition) is 1. The van der Waals surface area contributed by atoms with Gasteiger partial charge in [-0.1, -0.05) is 11.6 Å². The fourth-order valence-corrected chi connectivity index (χ4v) is 1.67. The number of benzene rings is 1. The maximum atomic E-state index is 11.4. The highest BCUT2D eigenvalue weighted by Gasteiger charge is 2.13. The van der Waals surface area contributed by atoms with Crippen LogP contribution >= 0.6 is 11.6 Å². The number of nitrogens with one attached hydrogen (secondary N) is 1. The summed E-state index contributed by atoms with van der Waals surface area (Å²) < 4.78 is 9.87. The number of aromatic nitrogens is 2. The van der Waals surface area contributed by atoms with Crippen molar-refractivity contribution in [3.8, 4) is 5.88 Å². The molecule has 1 amide bonds. The van der Waals surface area contributed by atoms with E-state index in [0.717, 1.165) is 0 Å². The van der Waals surface area contributed by atoms with Gasteiger partial charge in [-0.3, -0.25) is 5.32 Å². The standard InChI is InChI=1S/C12H12ClN3O3/c1-3-19-12(17)16-10-11(18-2)15-9-6-7(13)4-5-8(9)14-10/h4-6H,3H2,1-2H3,(H,14,16,17). The molecule has 19 heavy (non-hydrogen) atoms. The number of nitrogens with zero attached hydrogens (tertiary/aromatic N) is 2. The lowest BCUT2D eigenvalue weighted by atomic mass is 10.3. The quantitative estimate of drug-likeness (QED) is 0.936. The Hall–Kier alpha value is -2.08. The number of fused-ring (bicyclic) bond motifs is 1. The average molecular weight is 282 g/mol. The number of hydrogen-bond acceptors (Lipinski definition) is 5. The largest absolute Gasteiger partial charge is 0.478 e. The van der Waals surface area contributed by atoms with Gasteiger partial charge in [-0.05, 0) is 25.1 Å². The molecule has 6 nitrogen and oxygen atoms in total. The van der Waals surface area contributed by atoms with Crippen molar-refractivity contribution in [2.45, 2.75) is 6.92 Å². The van der Waals surface area contributed by atoms with Crippen molar-refractivity contribution >= 4 is 34.5 Å². The van der Waals surface area contributed by atoms with E-state index in [2.05, 4.69) is 15.3 Å². The fraction of sp³-hybridized carbons (Fsp3) is 0.250. The number of methoxy groups -OCH3 is 1. The lowest BCUT2D eigenvalue weighted by Crippen LogP contribution is -2.15. The monoisotopic (exact) mass is 281 g/mol. The summed E-state index contributed by atoms with van der Waals surface area (Å²) >= 11 is 5.88. The summed E-state index contributed by atoms with van der Waals surface area (Å²) in [4.78, 5) is 19.9. The van der Waals surface area contributed by atoms with Crippen molar-refractivity contribution < 1.29 is 14.3 Å². The number of anilines is 1. The maximum absolute atomic E-state index is 11.4. The van der Waals surface area contributed by atoms with Crippen molar-refractivity contribution in [2.75, 3.05) is 19.0 Å². The lowest BCUT2D eigenvalue weighted by molar-refractivity contribution is 0.167. The summed E-state index contributed by atoms with van der Waals surface area (Å²) in [5.41, 5.74) is 1.18. The Bertz CT molecular complexity index is 618. The number of ether oxygens (including phenoxy) is 2. The van der Waals surface area contributed by atoms with Gasteiger partial charge in [0.05, 0.1) is 24.8 Å². The van der Waals surface area contributed by atoms with E-state index >= 15 is 0 Å². The van der Waals surface area contributed by atoms with Crippen molar-refractivity contribution in [3.63, 3.8) is 0 Å². The first-order chi connectivity index (χ1) is 9.13. The molecule has 0 spiro atoms. The van der Waals surface area contributed by atoms with Crippen LogP contribution in [0.15, 0.2) is 18.2 Å². The molecule has 0 atom stereocenters. The number of carbonyl (C=O) groups is 1. The number of amides is 1. The van der Waals surface area contributed by atoms with Crippen molar-refractivity contribution in [2.24, 2.45) is 0 Å². The molecule has 1 aromatic heterocycles. The van der Waals surface area contributed by atoms with Gasteiger partial charge in [0.2, 0.25) is 0 Å². The number of carbonyl (C=O) groups excluding carboxylic acids is 1. The molecule has 1 aromatic carbocycles. The molecule has 0 unspecified atom stereocenters. The second-order valence-electron chi connectivity index (χ2n) is 3.56. The first kappa shape index (κ1) is 13.4. The van der Waals surface area contributed by atoms with Crippen LogP contribution in [0.1, 0.15) is 6.92 Å². The Kier molecular flexibility index (Phi) is 4.01. The predicted octanol–water partition coefficient (Wildman–Crippen LogP) is 2.86. The normalized spacial score (nSPS) is 10.3. The Morgan fingerprint density at radius 3 is 2.84 bits per heavy atom. The van der Waals surface area contributed by atoms with Crippen LogP contribution in [0.2, 0.25) is 5.02 Å². The molecule has 1 N–H and O–H groups in total. The molecule has 0 saturated heterocycles. The van der Waals surface area contributed by atoms with Gasteiger partial charge in [0, 0.05) is 5.02 Å². The van der Waals surface area contributed by atoms with Crippen LogP contribution < -0.4 is 10.1 Å². The molecule has 0 aliphatic heterocycles. The molecule has 100 valence electrons. The first-order valence-corrected chi connectivity index (χ1v) is 5.97. The van der Waals surface area contributed by atoms with Gasteiger partial charge < -0.3 is 9.47 Å². The minimum Gasteiger partial charge on any atom is -0.478 e. The number of halogens is 1. The molecule has 0 aliphatic carbocycles. The molecular weight excluding hydrogens is 270 g/mol. The van der Waals surface area contributed by atoms with E-state index in [-0.39, 0.29) is 18.3 Å². The summed E-state index contributed by atoms with van der Waals surface area (Å²) in [6, 6.07) is 5.07. The van der Waals surface area contributed by atoms with Crippen LogP contribution in [0, 0.1) is 0 Å². The summed E-state index contributed by atoms with van der Waals surface area (Å²) in [5, 5.41) is 3.03. The Morgan fingerprint density at radius 2 is 2.16 bits per heavy atom. The van der Waals surface area contributed by atoms with Gasteiger partial charge >= 0.3 is 6.09 Å². The summed E-state index contributed by atoms with van der Waals surface area (Å²) in [6.45, 7) is 1.98. The topological polar surface area (TPSA) is 73.3 Å². The fourth-order valence-electron chi connectivity index (χ4n) is 1.50. The van der Waals surface area contributed by atoms with Gasteiger partial charge in [0.25, 0.3) is 5.88 Å². The molecule has 0 bridgehead atoms. The predicted molar refractivity (Wildman–Crippen MR) is 71.7 cm³/mol. The molecule has 0 saturated carbocycles. The summed E-state index contributed by atoms with van der Waals surface area (Å²) in [7, 11) is 1.44. The summed E-state index contributed by atoms with van der Waals surface area (Å²) in [6.07, 6.45) is -0.608. The Morgan fingerprint density at radius 1 is 1.37 bits per heavy atom. The zero-order chi connectivity index (χ0) is 13.8. The maximum Gasteiger partial charge on any atom is 0.412 e. The van der Waals surface area contributed by atoms with Crippen molar-refractivity contribution in [3.05, 3.63) is 23.2 Å². The van der Waals surface area contributed by atoms with Gasteiger partial charge in [0.15, 0.2) is 5.82 Å². The minimum atomic E-state index is -0.608. The molecule has 7 heteroatoms. The van der Waals surface area contributed by atoms with Crippen LogP contribution in [-0.4, -0.2) is 29.8 Å². The van der Waals surface area contributed by atoms with E-state index in [4.69, 9.17) is 21.1 Å². The minimum absolute atomic E-state index is 0.197. The van der Waals surface area contributed by atoms with Crippen molar-refractivity contribution in [1.82, 2.24) is 9.97 Å². The molecule has 0 fully saturated rings. The Labute approximate surface area is 114 Å². The smallest absolute Gasteiger partial charge is 0.412 e. The van der Waals surface area contributed by atoms with E-state index < -0.39 is 6.09 Å². The lowest BCUT2D eigenvalue weighted by Gasteiger charge is -2.09. The second-order valence-corrected chi connectivity index (χ2v) is 4.00. The van der Waals surface area contributed by atoms with E-state index in [1.54, 1.807) is 25.1 Å². The zero-order valence-corrected chi connectivity index (χ0v) is 11.2. The van der Waals surface area contributed by atoms with Crippen molar-refractivity contribution in [1.29, 1.82) is 0 Å². The SMILES string of the molecule is CCOC(=O)Nc1nc2ccc(Cl)cc2nc1OC. The number of rotatable bonds is 3. The van der Waals surface area contributed by atoms with Crippen LogP contribution in [0.25, 0.3) is 11.0 Å². The molecule has 0 radical (unpaired) electrons. The van der Waals surface area contributed by atoms with Crippen LogP contribution in [-0.2, 0) is 4.74 Å². The molecule has 0 aliphatic rings. The highest BCUT2D eigenvalue weighted by molar-refractivity contribution is 6.31. The average Bonchev–Trinajstić information content (AvgIpc) is 2.38. The van der Waals surface area contributed by atoms with Crippen LogP contribution in [0.4, 0.5) is 10.6 Å². The Balaban J connectivity index is 2.42. The van der Waals surface area contributed by atoms with Crippen LogP contribution in [0.5, 0.6) is 5.88 Å². The van der Waals surface area contributed by atoms with Gasteiger partial charge in [-0.15, -0.1) is 0 Å².